The molecule has 0 spiro atoms. The maximum absolute atomic E-state index is 14.5. The number of hydrogen-bond acceptors (Lipinski definition) is 5. The van der Waals surface area contributed by atoms with Crippen molar-refractivity contribution < 1.29 is 27.7 Å². The third kappa shape index (κ3) is 8.64. The van der Waals surface area contributed by atoms with Crippen LogP contribution in [0.15, 0.2) is 15.6 Å². The molecule has 0 aromatic heterocycles. The molecule has 7 nitrogen and oxygen atoms in total. The van der Waals surface area contributed by atoms with E-state index >= 15 is 0 Å². The Morgan fingerprint density at radius 2 is 1.65 bits per heavy atom. The van der Waals surface area contributed by atoms with Crippen LogP contribution in [-0.2, 0) is 19.2 Å². The van der Waals surface area contributed by atoms with Crippen LogP contribution in [0.1, 0.15) is 54.4 Å². The highest BCUT2D eigenvalue weighted by Gasteiger charge is 2.33. The number of alkyl carbamates (subject to hydrolysis) is 1. The first kappa shape index (κ1) is 22.4. The van der Waals surface area contributed by atoms with E-state index in [1.807, 2.05) is 0 Å². The van der Waals surface area contributed by atoms with E-state index in [-0.39, 0.29) is 5.92 Å². The number of rotatable bonds is 4. The third-order valence-corrected chi connectivity index (χ3v) is 4.49. The van der Waals surface area contributed by atoms with Crippen LogP contribution in [0, 0.1) is 5.92 Å². The molecule has 1 N–H and O–H groups in total. The zero-order valence-corrected chi connectivity index (χ0v) is 17.2. The van der Waals surface area contributed by atoms with E-state index in [1.165, 1.54) is 0 Å². The molecule has 2 atom stereocenters. The van der Waals surface area contributed by atoms with E-state index in [9.17, 15) is 18.2 Å². The summed E-state index contributed by atoms with van der Waals surface area (Å²) in [5.74, 6) is 0.0324. The molecule has 9 heteroatoms. The van der Waals surface area contributed by atoms with Crippen LogP contribution in [0.5, 0.6) is 0 Å². The molecule has 1 aliphatic carbocycles. The molecule has 1 aliphatic rings. The molecule has 1 saturated carbocycles. The monoisotopic (exact) mass is 392 g/mol. The van der Waals surface area contributed by atoms with E-state index in [2.05, 4.69) is 9.68 Å². The van der Waals surface area contributed by atoms with Gasteiger partial charge < -0.3 is 14.8 Å². The predicted octanol–water partition coefficient (Wildman–Crippen LogP) is 4.13. The molecule has 0 bridgehead atoms. The fourth-order valence-electron chi connectivity index (χ4n) is 1.93. The molecule has 1 fully saturated rings. The van der Waals surface area contributed by atoms with E-state index in [1.54, 1.807) is 41.5 Å². The molecular weight excluding hydrogens is 363 g/mol. The topological polar surface area (TPSA) is 94.1 Å². The molecule has 150 valence electrons. The molecule has 2 unspecified atom stereocenters. The third-order valence-electron chi connectivity index (χ3n) is 3.13. The Labute approximate surface area is 154 Å². The molecule has 1 rings (SSSR count). The molecule has 0 aliphatic heterocycles. The Morgan fingerprint density at radius 1 is 1.15 bits per heavy atom. The van der Waals surface area contributed by atoms with Gasteiger partial charge in [0.05, 0.1) is 6.04 Å². The fourth-order valence-corrected chi connectivity index (χ4v) is 2.74. The van der Waals surface area contributed by atoms with Crippen molar-refractivity contribution in [3.63, 3.8) is 0 Å². The number of amides is 2. The van der Waals surface area contributed by atoms with Crippen molar-refractivity contribution >= 4 is 21.9 Å². The highest BCUT2D eigenvalue weighted by Crippen LogP contribution is 2.34. The lowest BCUT2D eigenvalue weighted by Gasteiger charge is -2.22. The van der Waals surface area contributed by atoms with Crippen molar-refractivity contribution in [3.05, 3.63) is 11.2 Å². The average molecular weight is 392 g/mol. The zero-order chi connectivity index (χ0) is 20.3. The van der Waals surface area contributed by atoms with Crippen LogP contribution < -0.4 is 5.32 Å². The number of nitrogens with one attached hydrogen (secondary N) is 1. The summed E-state index contributed by atoms with van der Waals surface area (Å²) in [6.07, 6.45) is 1.87. The molecule has 0 aromatic carbocycles. The van der Waals surface area contributed by atoms with Crippen molar-refractivity contribution in [1.82, 2.24) is 5.32 Å². The van der Waals surface area contributed by atoms with E-state index in [0.717, 1.165) is 25.2 Å². The van der Waals surface area contributed by atoms with Gasteiger partial charge in [-0.2, -0.15) is 4.39 Å². The van der Waals surface area contributed by atoms with Crippen LogP contribution in [0.25, 0.3) is 0 Å². The van der Waals surface area contributed by atoms with Gasteiger partial charge in [-0.15, -0.1) is 4.36 Å². The van der Waals surface area contributed by atoms with E-state index in [4.69, 9.17) is 9.47 Å². The highest BCUT2D eigenvalue weighted by molar-refractivity contribution is 7.96. The van der Waals surface area contributed by atoms with Crippen LogP contribution >= 0.6 is 0 Å². The molecule has 0 aromatic rings. The van der Waals surface area contributed by atoms with Gasteiger partial charge in [0.2, 0.25) is 0 Å². The summed E-state index contributed by atoms with van der Waals surface area (Å²) in [6, 6.07) is -0.681. The SMILES string of the molecule is CC(C)(C)OC(=O)N=S(C)(=O)/C(F)=C/C(NC(=O)OC(C)(C)C)C1CC1. The van der Waals surface area contributed by atoms with Crippen molar-refractivity contribution in [3.8, 4) is 0 Å². The molecule has 0 radical (unpaired) electrons. The smallest absolute Gasteiger partial charge is 0.442 e. The van der Waals surface area contributed by atoms with Gasteiger partial charge in [-0.1, -0.05) is 0 Å². The standard InChI is InChI=1S/C17H29FN2O5S/c1-16(2,3)24-14(21)19-12(11-8-9-11)10-13(18)26(7,23)20-15(22)25-17(4,5)6/h10-12H,8-9H2,1-7H3,(H,19,21)/b13-10+. The molecule has 26 heavy (non-hydrogen) atoms. The van der Waals surface area contributed by atoms with Gasteiger partial charge in [-0.3, -0.25) is 0 Å². The zero-order valence-electron chi connectivity index (χ0n) is 16.4. The molecule has 2 amide bonds. The van der Waals surface area contributed by atoms with Crippen molar-refractivity contribution in [1.29, 1.82) is 0 Å². The lowest BCUT2D eigenvalue weighted by molar-refractivity contribution is 0.0508. The first-order chi connectivity index (χ1) is 11.6. The number of carbonyl (C=O) groups excluding carboxylic acids is 2. The highest BCUT2D eigenvalue weighted by atomic mass is 32.2. The Hall–Kier alpha value is -1.64. The number of halogens is 1. The minimum absolute atomic E-state index is 0.0324. The second-order valence-electron chi connectivity index (χ2n) is 8.35. The van der Waals surface area contributed by atoms with E-state index in [0.29, 0.717) is 0 Å². The Morgan fingerprint density at radius 3 is 2.08 bits per heavy atom. The Bertz CT molecular complexity index is 693. The van der Waals surface area contributed by atoms with Gasteiger partial charge in [0.15, 0.2) is 5.16 Å². The van der Waals surface area contributed by atoms with Crippen LogP contribution in [0.4, 0.5) is 14.0 Å². The van der Waals surface area contributed by atoms with Crippen LogP contribution in [0.3, 0.4) is 0 Å². The van der Waals surface area contributed by atoms with Gasteiger partial charge in [0.25, 0.3) is 0 Å². The lowest BCUT2D eigenvalue weighted by Crippen LogP contribution is -2.39. The number of ether oxygens (including phenoxy) is 2. The van der Waals surface area contributed by atoms with Crippen LogP contribution in [-0.4, -0.2) is 39.9 Å². The van der Waals surface area contributed by atoms with Gasteiger partial charge >= 0.3 is 12.2 Å². The maximum atomic E-state index is 14.5. The summed E-state index contributed by atoms with van der Waals surface area (Å²) in [5, 5.41) is 1.50. The summed E-state index contributed by atoms with van der Waals surface area (Å²) in [6.45, 7) is 10.0. The first-order valence-electron chi connectivity index (χ1n) is 8.41. The van der Waals surface area contributed by atoms with Gasteiger partial charge in [0, 0.05) is 6.26 Å². The molecular formula is C17H29FN2O5S. The van der Waals surface area contributed by atoms with Crippen molar-refractivity contribution in [2.24, 2.45) is 10.3 Å². The van der Waals surface area contributed by atoms with E-state index < -0.39 is 44.3 Å². The number of nitrogens with zero attached hydrogens (tertiary/aromatic N) is 1. The summed E-state index contributed by atoms with van der Waals surface area (Å²) in [5.41, 5.74) is -1.52. The Balaban J connectivity index is 2.93. The normalized spacial score (nSPS) is 19.2. The van der Waals surface area contributed by atoms with Gasteiger partial charge in [-0.25, -0.2) is 13.8 Å². The Kier molecular flexibility index (Phi) is 6.84. The average Bonchev–Trinajstić information content (AvgIpc) is 3.15. The summed E-state index contributed by atoms with van der Waals surface area (Å²) in [4.78, 5) is 23.6. The largest absolute Gasteiger partial charge is 0.444 e. The summed E-state index contributed by atoms with van der Waals surface area (Å²) < 4.78 is 40.4. The van der Waals surface area contributed by atoms with Gasteiger partial charge in [0.1, 0.15) is 20.9 Å². The predicted molar refractivity (Wildman–Crippen MR) is 97.8 cm³/mol. The maximum Gasteiger partial charge on any atom is 0.442 e. The molecule has 0 saturated heterocycles. The first-order valence-corrected chi connectivity index (χ1v) is 10.3. The number of carbonyl (C=O) groups is 2. The second-order valence-corrected chi connectivity index (χ2v) is 10.5. The summed E-state index contributed by atoms with van der Waals surface area (Å²) in [7, 11) is -3.60. The minimum atomic E-state index is -3.60. The quantitative estimate of drug-likeness (QED) is 0.776. The molecule has 0 heterocycles. The number of hydrogen-bond donors (Lipinski definition) is 1. The minimum Gasteiger partial charge on any atom is -0.444 e. The second kappa shape index (κ2) is 7.94. The van der Waals surface area contributed by atoms with Crippen LogP contribution in [0.2, 0.25) is 0 Å². The van der Waals surface area contributed by atoms with Crippen molar-refractivity contribution in [2.45, 2.75) is 71.6 Å². The van der Waals surface area contributed by atoms with Gasteiger partial charge in [-0.05, 0) is 66.4 Å². The fraction of sp³-hybridized carbons (Fsp3) is 0.765. The summed E-state index contributed by atoms with van der Waals surface area (Å²) >= 11 is 0. The lowest BCUT2D eigenvalue weighted by atomic mass is 10.2. The van der Waals surface area contributed by atoms with Crippen molar-refractivity contribution in [2.75, 3.05) is 6.26 Å².